The normalized spacial score (nSPS) is 27.2. The molecule has 0 aromatic heterocycles. The molecular formula is C25H44N2O. The molecular weight excluding hydrogens is 344 g/mol. The van der Waals surface area contributed by atoms with Crippen molar-refractivity contribution < 1.29 is 4.79 Å². The first-order valence-corrected chi connectivity index (χ1v) is 11.9. The van der Waals surface area contributed by atoms with Crippen LogP contribution >= 0.6 is 0 Å². The standard InChI is InChI=1S/C25H44N2O/c1-8-11-12-23(20(9-2)10-3)27-24(28)22(17-18(4)5)26-25(27)15-13-21(14-16-25)19(6)7/h9,18-19,21,23H,8,10-17H2,1-7H3/b20-9+. The number of nitrogens with zero attached hydrogens (tertiary/aromatic N) is 2. The Morgan fingerprint density at radius 1 is 1.21 bits per heavy atom. The summed E-state index contributed by atoms with van der Waals surface area (Å²) in [6.45, 7) is 15.7. The largest absolute Gasteiger partial charge is 0.306 e. The molecule has 2 rings (SSSR count). The van der Waals surface area contributed by atoms with E-state index in [-0.39, 0.29) is 17.6 Å². The predicted octanol–water partition coefficient (Wildman–Crippen LogP) is 6.77. The number of hydrogen-bond donors (Lipinski definition) is 0. The molecule has 2 aliphatic rings. The van der Waals surface area contributed by atoms with Crippen LogP contribution < -0.4 is 0 Å². The first-order chi connectivity index (χ1) is 13.3. The molecule has 1 saturated carbocycles. The summed E-state index contributed by atoms with van der Waals surface area (Å²) in [5.74, 6) is 2.19. The molecule has 3 heteroatoms. The topological polar surface area (TPSA) is 32.7 Å². The van der Waals surface area contributed by atoms with Gasteiger partial charge in [0.15, 0.2) is 0 Å². The average Bonchev–Trinajstić information content (AvgIpc) is 2.90. The molecule has 1 spiro atoms. The van der Waals surface area contributed by atoms with Crippen LogP contribution in [0.3, 0.4) is 0 Å². The Bertz CT molecular complexity index is 579. The van der Waals surface area contributed by atoms with Crippen molar-refractivity contribution in [2.75, 3.05) is 0 Å². The predicted molar refractivity (Wildman–Crippen MR) is 121 cm³/mol. The van der Waals surface area contributed by atoms with Crippen LogP contribution in [-0.2, 0) is 4.79 Å². The number of allylic oxidation sites excluding steroid dienone is 1. The van der Waals surface area contributed by atoms with E-state index in [9.17, 15) is 4.79 Å². The Morgan fingerprint density at radius 2 is 1.86 bits per heavy atom. The van der Waals surface area contributed by atoms with E-state index in [2.05, 4.69) is 59.4 Å². The maximum absolute atomic E-state index is 13.6. The highest BCUT2D eigenvalue weighted by atomic mass is 16.2. The van der Waals surface area contributed by atoms with Crippen LogP contribution in [0.5, 0.6) is 0 Å². The molecule has 1 aliphatic heterocycles. The van der Waals surface area contributed by atoms with Gasteiger partial charge in [-0.3, -0.25) is 9.79 Å². The summed E-state index contributed by atoms with van der Waals surface area (Å²) in [4.78, 5) is 21.1. The van der Waals surface area contributed by atoms with Crippen molar-refractivity contribution in [3.8, 4) is 0 Å². The molecule has 1 unspecified atom stereocenters. The minimum atomic E-state index is -0.283. The Kier molecular flexibility index (Phi) is 8.33. The lowest BCUT2D eigenvalue weighted by Crippen LogP contribution is -2.54. The van der Waals surface area contributed by atoms with Gasteiger partial charge in [-0.05, 0) is 69.6 Å². The van der Waals surface area contributed by atoms with Gasteiger partial charge in [0.1, 0.15) is 11.4 Å². The maximum atomic E-state index is 13.6. The zero-order valence-corrected chi connectivity index (χ0v) is 19.6. The monoisotopic (exact) mass is 388 g/mol. The van der Waals surface area contributed by atoms with Gasteiger partial charge in [0.25, 0.3) is 5.91 Å². The fourth-order valence-corrected chi connectivity index (χ4v) is 5.26. The first-order valence-electron chi connectivity index (χ1n) is 11.9. The highest BCUT2D eigenvalue weighted by Gasteiger charge is 2.51. The number of carbonyl (C=O) groups excluding carboxylic acids is 1. The highest BCUT2D eigenvalue weighted by molar-refractivity contribution is 6.40. The SMILES string of the molecule is C/C=C(\CC)C(CCCC)N1C(=O)C(CC(C)C)=NC12CCC(C(C)C)CC2. The summed E-state index contributed by atoms with van der Waals surface area (Å²) in [7, 11) is 0. The minimum Gasteiger partial charge on any atom is -0.306 e. The number of amides is 1. The molecule has 1 atom stereocenters. The fourth-order valence-electron chi connectivity index (χ4n) is 5.26. The average molecular weight is 389 g/mol. The Hall–Kier alpha value is -1.12. The van der Waals surface area contributed by atoms with Gasteiger partial charge in [0.2, 0.25) is 0 Å². The van der Waals surface area contributed by atoms with Crippen molar-refractivity contribution in [1.29, 1.82) is 0 Å². The van der Waals surface area contributed by atoms with Crippen molar-refractivity contribution >= 4 is 11.6 Å². The van der Waals surface area contributed by atoms with E-state index in [4.69, 9.17) is 4.99 Å². The van der Waals surface area contributed by atoms with Gasteiger partial charge in [0.05, 0.1) is 6.04 Å². The van der Waals surface area contributed by atoms with Gasteiger partial charge in [-0.25, -0.2) is 0 Å². The van der Waals surface area contributed by atoms with E-state index in [0.29, 0.717) is 5.92 Å². The third-order valence-corrected chi connectivity index (χ3v) is 6.98. The third kappa shape index (κ3) is 4.89. The molecule has 3 nitrogen and oxygen atoms in total. The summed E-state index contributed by atoms with van der Waals surface area (Å²) in [6.07, 6.45) is 11.9. The molecule has 1 fully saturated rings. The second kappa shape index (κ2) is 10.1. The molecule has 1 heterocycles. The quantitative estimate of drug-likeness (QED) is 0.401. The zero-order valence-electron chi connectivity index (χ0n) is 19.6. The van der Waals surface area contributed by atoms with E-state index in [1.165, 1.54) is 24.8 Å². The number of aliphatic imine (C=N–C) groups is 1. The molecule has 0 aromatic carbocycles. The van der Waals surface area contributed by atoms with E-state index >= 15 is 0 Å². The van der Waals surface area contributed by atoms with Crippen molar-refractivity contribution in [2.45, 2.75) is 118 Å². The van der Waals surface area contributed by atoms with Gasteiger partial charge in [-0.15, -0.1) is 0 Å². The Balaban J connectivity index is 2.41. The van der Waals surface area contributed by atoms with Crippen LogP contribution in [0, 0.1) is 17.8 Å². The summed E-state index contributed by atoms with van der Waals surface area (Å²) >= 11 is 0. The second-order valence-electron chi connectivity index (χ2n) is 9.77. The lowest BCUT2D eigenvalue weighted by Gasteiger charge is -2.46. The first kappa shape index (κ1) is 23.2. The number of carbonyl (C=O) groups is 1. The van der Waals surface area contributed by atoms with Gasteiger partial charge in [0, 0.05) is 0 Å². The van der Waals surface area contributed by atoms with Crippen molar-refractivity contribution in [2.24, 2.45) is 22.7 Å². The number of hydrogen-bond acceptors (Lipinski definition) is 2. The molecule has 160 valence electrons. The second-order valence-corrected chi connectivity index (χ2v) is 9.77. The molecule has 1 aliphatic carbocycles. The molecule has 0 aromatic rings. The maximum Gasteiger partial charge on any atom is 0.270 e. The van der Waals surface area contributed by atoms with Crippen molar-refractivity contribution in [1.82, 2.24) is 4.90 Å². The summed E-state index contributed by atoms with van der Waals surface area (Å²) < 4.78 is 0. The van der Waals surface area contributed by atoms with E-state index in [0.717, 1.165) is 56.1 Å². The van der Waals surface area contributed by atoms with Gasteiger partial charge >= 0.3 is 0 Å². The lowest BCUT2D eigenvalue weighted by atomic mass is 9.75. The lowest BCUT2D eigenvalue weighted by molar-refractivity contribution is -0.132. The van der Waals surface area contributed by atoms with Gasteiger partial charge in [-0.1, -0.05) is 66.0 Å². The Morgan fingerprint density at radius 3 is 2.32 bits per heavy atom. The molecule has 1 amide bonds. The zero-order chi connectivity index (χ0) is 20.9. The molecule has 0 bridgehead atoms. The summed E-state index contributed by atoms with van der Waals surface area (Å²) in [5, 5.41) is 0. The third-order valence-electron chi connectivity index (χ3n) is 6.98. The van der Waals surface area contributed by atoms with E-state index in [1.54, 1.807) is 0 Å². The molecule has 0 radical (unpaired) electrons. The Labute approximate surface area is 174 Å². The summed E-state index contributed by atoms with van der Waals surface area (Å²) in [5.41, 5.74) is 1.97. The van der Waals surface area contributed by atoms with Crippen LogP contribution in [0.25, 0.3) is 0 Å². The smallest absolute Gasteiger partial charge is 0.270 e. The van der Waals surface area contributed by atoms with Crippen LogP contribution in [0.1, 0.15) is 106 Å². The number of unbranched alkanes of at least 4 members (excludes halogenated alkanes) is 1. The van der Waals surface area contributed by atoms with E-state index in [1.807, 2.05) is 0 Å². The van der Waals surface area contributed by atoms with Crippen LogP contribution in [0.2, 0.25) is 0 Å². The van der Waals surface area contributed by atoms with Crippen LogP contribution in [0.4, 0.5) is 0 Å². The van der Waals surface area contributed by atoms with Gasteiger partial charge < -0.3 is 4.90 Å². The van der Waals surface area contributed by atoms with Crippen LogP contribution in [0.15, 0.2) is 16.6 Å². The van der Waals surface area contributed by atoms with Crippen molar-refractivity contribution in [3.05, 3.63) is 11.6 Å². The van der Waals surface area contributed by atoms with E-state index < -0.39 is 0 Å². The minimum absolute atomic E-state index is 0.214. The molecule has 28 heavy (non-hydrogen) atoms. The van der Waals surface area contributed by atoms with Gasteiger partial charge in [-0.2, -0.15) is 0 Å². The van der Waals surface area contributed by atoms with Crippen LogP contribution in [-0.4, -0.2) is 28.2 Å². The van der Waals surface area contributed by atoms with Crippen molar-refractivity contribution in [3.63, 3.8) is 0 Å². The number of rotatable bonds is 9. The molecule has 0 N–H and O–H groups in total. The highest BCUT2D eigenvalue weighted by Crippen LogP contribution is 2.46. The molecule has 0 saturated heterocycles. The summed E-state index contributed by atoms with van der Waals surface area (Å²) in [6, 6.07) is 0.214. The fraction of sp³-hybridized carbons (Fsp3) is 0.840.